The van der Waals surface area contributed by atoms with Crippen LogP contribution in [0.5, 0.6) is 0 Å². The van der Waals surface area contributed by atoms with Crippen LogP contribution in [-0.2, 0) is 0 Å². The van der Waals surface area contributed by atoms with Crippen LogP contribution < -0.4 is 5.32 Å². The van der Waals surface area contributed by atoms with E-state index in [1.807, 2.05) is 35.2 Å². The average Bonchev–Trinajstić information content (AvgIpc) is 2.59. The number of carbonyl (C=O) groups excluding carboxylic acids is 1. The standard InChI is InChI=1S/C19H24N2O/c1-2-3-9-16-14-21(13-12-20-16)19(22)18-11-6-8-15-7-4-5-10-17(15)18/h4-8,10-11,16,20H,2-3,9,12-14H2,1H3/t16-/m1/s1. The molecule has 1 amide bonds. The molecule has 0 aromatic heterocycles. The van der Waals surface area contributed by atoms with Gasteiger partial charge in [0.2, 0.25) is 0 Å². The molecule has 3 heteroatoms. The van der Waals surface area contributed by atoms with E-state index in [0.717, 1.165) is 42.4 Å². The monoisotopic (exact) mass is 296 g/mol. The summed E-state index contributed by atoms with van der Waals surface area (Å²) in [4.78, 5) is 14.9. The van der Waals surface area contributed by atoms with Crippen molar-refractivity contribution in [3.05, 3.63) is 48.0 Å². The van der Waals surface area contributed by atoms with Crippen molar-refractivity contribution >= 4 is 16.7 Å². The minimum absolute atomic E-state index is 0.166. The molecule has 3 nitrogen and oxygen atoms in total. The van der Waals surface area contributed by atoms with Crippen molar-refractivity contribution in [2.24, 2.45) is 0 Å². The Hall–Kier alpha value is -1.87. The lowest BCUT2D eigenvalue weighted by Crippen LogP contribution is -2.52. The Morgan fingerprint density at radius 1 is 1.23 bits per heavy atom. The van der Waals surface area contributed by atoms with Crippen LogP contribution in [0.2, 0.25) is 0 Å². The Morgan fingerprint density at radius 2 is 2.05 bits per heavy atom. The third kappa shape index (κ3) is 3.14. The van der Waals surface area contributed by atoms with Crippen molar-refractivity contribution in [1.29, 1.82) is 0 Å². The molecule has 0 unspecified atom stereocenters. The number of fused-ring (bicyclic) bond motifs is 1. The summed E-state index contributed by atoms with van der Waals surface area (Å²) in [7, 11) is 0. The SMILES string of the molecule is CCCC[C@@H]1CN(C(=O)c2cccc3ccccc23)CCN1. The van der Waals surface area contributed by atoms with Gasteiger partial charge in [0.25, 0.3) is 5.91 Å². The van der Waals surface area contributed by atoms with Gasteiger partial charge in [-0.3, -0.25) is 4.79 Å². The largest absolute Gasteiger partial charge is 0.336 e. The third-order valence-corrected chi connectivity index (χ3v) is 4.47. The number of rotatable bonds is 4. The van der Waals surface area contributed by atoms with Crippen LogP contribution in [0.25, 0.3) is 10.8 Å². The number of amides is 1. The van der Waals surface area contributed by atoms with Crippen molar-refractivity contribution in [2.45, 2.75) is 32.2 Å². The summed E-state index contributed by atoms with van der Waals surface area (Å²) < 4.78 is 0. The molecule has 1 aliphatic heterocycles. The highest BCUT2D eigenvalue weighted by atomic mass is 16.2. The number of nitrogens with one attached hydrogen (secondary N) is 1. The number of benzene rings is 2. The van der Waals surface area contributed by atoms with Gasteiger partial charge >= 0.3 is 0 Å². The number of carbonyl (C=O) groups is 1. The maximum absolute atomic E-state index is 12.9. The van der Waals surface area contributed by atoms with Gasteiger partial charge in [0.1, 0.15) is 0 Å². The zero-order valence-electron chi connectivity index (χ0n) is 13.2. The van der Waals surface area contributed by atoms with Gasteiger partial charge in [-0.2, -0.15) is 0 Å². The number of nitrogens with zero attached hydrogens (tertiary/aromatic N) is 1. The lowest BCUT2D eigenvalue weighted by molar-refractivity contribution is 0.0701. The van der Waals surface area contributed by atoms with Gasteiger partial charge in [0, 0.05) is 31.2 Å². The van der Waals surface area contributed by atoms with Gasteiger partial charge in [-0.1, -0.05) is 56.2 Å². The highest BCUT2D eigenvalue weighted by molar-refractivity contribution is 6.07. The lowest BCUT2D eigenvalue weighted by Gasteiger charge is -2.34. The van der Waals surface area contributed by atoms with Crippen LogP contribution in [-0.4, -0.2) is 36.5 Å². The number of hydrogen-bond acceptors (Lipinski definition) is 2. The van der Waals surface area contributed by atoms with Crippen LogP contribution in [0.3, 0.4) is 0 Å². The molecule has 0 spiro atoms. The first-order valence-electron chi connectivity index (χ1n) is 8.30. The van der Waals surface area contributed by atoms with Gasteiger partial charge in [-0.15, -0.1) is 0 Å². The molecule has 116 valence electrons. The second-order valence-corrected chi connectivity index (χ2v) is 6.07. The molecule has 3 rings (SSSR count). The first-order chi connectivity index (χ1) is 10.8. The Balaban J connectivity index is 1.80. The highest BCUT2D eigenvalue weighted by Crippen LogP contribution is 2.21. The Kier molecular flexibility index (Phi) is 4.74. The molecule has 0 radical (unpaired) electrons. The summed E-state index contributed by atoms with van der Waals surface area (Å²) in [5.74, 6) is 0.166. The van der Waals surface area contributed by atoms with Crippen molar-refractivity contribution in [2.75, 3.05) is 19.6 Å². The van der Waals surface area contributed by atoms with Gasteiger partial charge in [0.15, 0.2) is 0 Å². The molecular weight excluding hydrogens is 272 g/mol. The van der Waals surface area contributed by atoms with Crippen LogP contribution in [0, 0.1) is 0 Å². The van der Waals surface area contributed by atoms with Crippen molar-refractivity contribution in [3.63, 3.8) is 0 Å². The van der Waals surface area contributed by atoms with Crippen molar-refractivity contribution in [1.82, 2.24) is 10.2 Å². The van der Waals surface area contributed by atoms with Crippen LogP contribution in [0.4, 0.5) is 0 Å². The Labute approximate surface area is 132 Å². The number of piperazine rings is 1. The fourth-order valence-electron chi connectivity index (χ4n) is 3.24. The molecule has 0 saturated carbocycles. The zero-order chi connectivity index (χ0) is 15.4. The van der Waals surface area contributed by atoms with E-state index in [1.54, 1.807) is 0 Å². The van der Waals surface area contributed by atoms with Gasteiger partial charge in [0.05, 0.1) is 0 Å². The normalized spacial score (nSPS) is 18.6. The molecule has 1 aliphatic rings. The van der Waals surface area contributed by atoms with E-state index in [-0.39, 0.29) is 5.91 Å². The second kappa shape index (κ2) is 6.93. The van der Waals surface area contributed by atoms with Gasteiger partial charge in [-0.25, -0.2) is 0 Å². The van der Waals surface area contributed by atoms with E-state index in [9.17, 15) is 4.79 Å². The third-order valence-electron chi connectivity index (χ3n) is 4.47. The second-order valence-electron chi connectivity index (χ2n) is 6.07. The fraction of sp³-hybridized carbons (Fsp3) is 0.421. The Morgan fingerprint density at radius 3 is 2.91 bits per heavy atom. The van der Waals surface area contributed by atoms with E-state index in [4.69, 9.17) is 0 Å². The number of hydrogen-bond donors (Lipinski definition) is 1. The van der Waals surface area contributed by atoms with E-state index in [1.165, 1.54) is 12.8 Å². The molecule has 2 aromatic rings. The molecule has 1 atom stereocenters. The van der Waals surface area contributed by atoms with Gasteiger partial charge in [-0.05, 0) is 23.3 Å². The molecule has 0 aliphatic carbocycles. The van der Waals surface area contributed by atoms with Crippen molar-refractivity contribution in [3.8, 4) is 0 Å². The predicted molar refractivity (Wildman–Crippen MR) is 91.2 cm³/mol. The van der Waals surface area contributed by atoms with E-state index < -0.39 is 0 Å². The topological polar surface area (TPSA) is 32.3 Å². The molecule has 1 fully saturated rings. The maximum Gasteiger partial charge on any atom is 0.254 e. The highest BCUT2D eigenvalue weighted by Gasteiger charge is 2.24. The summed E-state index contributed by atoms with van der Waals surface area (Å²) >= 11 is 0. The molecule has 1 N–H and O–H groups in total. The fourth-order valence-corrected chi connectivity index (χ4v) is 3.24. The molecule has 22 heavy (non-hydrogen) atoms. The molecular formula is C19H24N2O. The summed E-state index contributed by atoms with van der Waals surface area (Å²) in [6.07, 6.45) is 3.57. The zero-order valence-corrected chi connectivity index (χ0v) is 13.2. The maximum atomic E-state index is 12.9. The molecule has 2 aromatic carbocycles. The molecule has 0 bridgehead atoms. The van der Waals surface area contributed by atoms with E-state index in [0.29, 0.717) is 6.04 Å². The van der Waals surface area contributed by atoms with Crippen LogP contribution in [0.1, 0.15) is 36.5 Å². The Bertz CT molecular complexity index is 647. The van der Waals surface area contributed by atoms with E-state index in [2.05, 4.69) is 24.4 Å². The smallest absolute Gasteiger partial charge is 0.254 e. The summed E-state index contributed by atoms with van der Waals surface area (Å²) in [6, 6.07) is 14.6. The summed E-state index contributed by atoms with van der Waals surface area (Å²) in [6.45, 7) is 4.72. The minimum atomic E-state index is 0.166. The van der Waals surface area contributed by atoms with Gasteiger partial charge < -0.3 is 10.2 Å². The summed E-state index contributed by atoms with van der Waals surface area (Å²) in [5.41, 5.74) is 0.828. The average molecular weight is 296 g/mol. The quantitative estimate of drug-likeness (QED) is 0.937. The van der Waals surface area contributed by atoms with E-state index >= 15 is 0 Å². The summed E-state index contributed by atoms with van der Waals surface area (Å²) in [5, 5.41) is 5.72. The molecule has 1 heterocycles. The minimum Gasteiger partial charge on any atom is -0.336 e. The number of unbranched alkanes of at least 4 members (excludes halogenated alkanes) is 1. The van der Waals surface area contributed by atoms with Crippen LogP contribution in [0.15, 0.2) is 42.5 Å². The molecule has 1 saturated heterocycles. The first kappa shape index (κ1) is 15.0. The first-order valence-corrected chi connectivity index (χ1v) is 8.30. The lowest BCUT2D eigenvalue weighted by atomic mass is 10.0. The predicted octanol–water partition coefficient (Wildman–Crippen LogP) is 3.44. The van der Waals surface area contributed by atoms with Crippen LogP contribution >= 0.6 is 0 Å². The van der Waals surface area contributed by atoms with Crippen molar-refractivity contribution < 1.29 is 4.79 Å².